The number of amides is 1. The van der Waals surface area contributed by atoms with E-state index in [2.05, 4.69) is 10.1 Å². The first-order chi connectivity index (χ1) is 9.41. The Balaban J connectivity index is 2.56. The average Bonchev–Trinajstić information content (AvgIpc) is 2.44. The van der Waals surface area contributed by atoms with Crippen molar-refractivity contribution in [1.82, 2.24) is 5.32 Å². The van der Waals surface area contributed by atoms with Gasteiger partial charge in [-0.2, -0.15) is 8.78 Å². The Hall–Kier alpha value is -1.69. The van der Waals surface area contributed by atoms with Crippen molar-refractivity contribution in [2.24, 2.45) is 11.1 Å². The topological polar surface area (TPSA) is 64.4 Å². The molecule has 0 aliphatic rings. The molecule has 1 amide bonds. The van der Waals surface area contributed by atoms with Gasteiger partial charge < -0.3 is 15.8 Å². The van der Waals surface area contributed by atoms with Crippen LogP contribution in [0.4, 0.5) is 8.78 Å². The quantitative estimate of drug-likeness (QED) is 0.808. The van der Waals surface area contributed by atoms with Crippen molar-refractivity contribution >= 4 is 5.91 Å². The monoisotopic (exact) mass is 286 g/mol. The fourth-order valence-corrected chi connectivity index (χ4v) is 1.58. The molecule has 3 N–H and O–H groups in total. The van der Waals surface area contributed by atoms with E-state index in [1.54, 1.807) is 12.1 Å². The third-order valence-corrected chi connectivity index (χ3v) is 3.38. The zero-order valence-electron chi connectivity index (χ0n) is 11.7. The predicted molar refractivity (Wildman–Crippen MR) is 72.4 cm³/mol. The van der Waals surface area contributed by atoms with Crippen molar-refractivity contribution in [2.45, 2.75) is 33.4 Å². The number of ether oxygens (including phenoxy) is 1. The molecule has 20 heavy (non-hydrogen) atoms. The molecule has 0 fully saturated rings. The molecule has 1 aromatic carbocycles. The number of rotatable bonds is 7. The molecule has 1 atom stereocenters. The number of halogens is 2. The summed E-state index contributed by atoms with van der Waals surface area (Å²) in [6, 6.07) is 6.14. The fraction of sp³-hybridized carbons (Fsp3) is 0.500. The molecule has 0 aliphatic heterocycles. The van der Waals surface area contributed by atoms with Gasteiger partial charge in [-0.15, -0.1) is 0 Å². The van der Waals surface area contributed by atoms with Gasteiger partial charge in [-0.3, -0.25) is 4.79 Å². The maximum absolute atomic E-state index is 12.0. The summed E-state index contributed by atoms with van der Waals surface area (Å²) in [5.74, 6) is -0.0224. The van der Waals surface area contributed by atoms with Crippen LogP contribution in [0.5, 0.6) is 5.75 Å². The van der Waals surface area contributed by atoms with E-state index in [1.165, 1.54) is 12.1 Å². The highest BCUT2D eigenvalue weighted by Crippen LogP contribution is 2.20. The maximum Gasteiger partial charge on any atom is 0.387 e. The van der Waals surface area contributed by atoms with Crippen molar-refractivity contribution < 1.29 is 18.3 Å². The molecule has 0 aliphatic carbocycles. The van der Waals surface area contributed by atoms with Gasteiger partial charge in [0.15, 0.2) is 0 Å². The van der Waals surface area contributed by atoms with Gasteiger partial charge in [0, 0.05) is 13.1 Å². The highest BCUT2D eigenvalue weighted by molar-refractivity contribution is 5.82. The van der Waals surface area contributed by atoms with Crippen molar-refractivity contribution in [3.05, 3.63) is 29.8 Å². The van der Waals surface area contributed by atoms with Gasteiger partial charge in [0.05, 0.1) is 5.41 Å². The third kappa shape index (κ3) is 4.45. The molecule has 1 rings (SSSR count). The van der Waals surface area contributed by atoms with Crippen molar-refractivity contribution in [1.29, 1.82) is 0 Å². The molecule has 0 heterocycles. The second-order valence-corrected chi connectivity index (χ2v) is 4.82. The van der Waals surface area contributed by atoms with Gasteiger partial charge in [-0.1, -0.05) is 19.1 Å². The molecule has 4 nitrogen and oxygen atoms in total. The molecule has 0 spiro atoms. The minimum atomic E-state index is -2.84. The van der Waals surface area contributed by atoms with Crippen LogP contribution in [0.3, 0.4) is 0 Å². The number of benzene rings is 1. The second kappa shape index (κ2) is 7.19. The molecule has 0 saturated heterocycles. The molecule has 1 unspecified atom stereocenters. The van der Waals surface area contributed by atoms with Gasteiger partial charge >= 0.3 is 6.61 Å². The Bertz CT molecular complexity index is 431. The van der Waals surface area contributed by atoms with Gasteiger partial charge in [0.1, 0.15) is 5.75 Å². The Labute approximate surface area is 117 Å². The van der Waals surface area contributed by atoms with Gasteiger partial charge in [-0.05, 0) is 31.0 Å². The van der Waals surface area contributed by atoms with Crippen LogP contribution < -0.4 is 15.8 Å². The average molecular weight is 286 g/mol. The normalized spacial score (nSPS) is 13.9. The number of nitrogens with one attached hydrogen (secondary N) is 1. The van der Waals surface area contributed by atoms with Gasteiger partial charge in [-0.25, -0.2) is 0 Å². The minimum absolute atomic E-state index is 0.0930. The molecular formula is C14H20F2N2O2. The van der Waals surface area contributed by atoms with E-state index in [0.717, 1.165) is 5.56 Å². The summed E-state index contributed by atoms with van der Waals surface area (Å²) in [4.78, 5) is 12.0. The molecule has 1 aromatic rings. The van der Waals surface area contributed by atoms with E-state index < -0.39 is 12.0 Å². The lowest BCUT2D eigenvalue weighted by Gasteiger charge is -2.24. The van der Waals surface area contributed by atoms with E-state index in [-0.39, 0.29) is 18.2 Å². The van der Waals surface area contributed by atoms with Gasteiger partial charge in [0.25, 0.3) is 0 Å². The number of carbonyl (C=O) groups excluding carboxylic acids is 1. The Morgan fingerprint density at radius 2 is 2.00 bits per heavy atom. The van der Waals surface area contributed by atoms with E-state index >= 15 is 0 Å². The molecule has 0 saturated carbocycles. The zero-order valence-corrected chi connectivity index (χ0v) is 11.7. The summed E-state index contributed by atoms with van der Waals surface area (Å²) in [5, 5.41) is 2.79. The summed E-state index contributed by atoms with van der Waals surface area (Å²) in [7, 11) is 0. The van der Waals surface area contributed by atoms with Crippen molar-refractivity contribution in [3.8, 4) is 5.75 Å². The third-order valence-electron chi connectivity index (χ3n) is 3.38. The fourth-order valence-electron chi connectivity index (χ4n) is 1.58. The molecule has 112 valence electrons. The number of hydrogen-bond donors (Lipinski definition) is 2. The van der Waals surface area contributed by atoms with Gasteiger partial charge in [0.2, 0.25) is 5.91 Å². The van der Waals surface area contributed by atoms with E-state index in [9.17, 15) is 13.6 Å². The maximum atomic E-state index is 12.0. The first-order valence-electron chi connectivity index (χ1n) is 6.43. The van der Waals surface area contributed by atoms with Crippen LogP contribution in [0.2, 0.25) is 0 Å². The van der Waals surface area contributed by atoms with Crippen LogP contribution >= 0.6 is 0 Å². The van der Waals surface area contributed by atoms with Crippen molar-refractivity contribution in [3.63, 3.8) is 0 Å². The lowest BCUT2D eigenvalue weighted by atomic mass is 9.86. The number of alkyl halides is 2. The largest absolute Gasteiger partial charge is 0.435 e. The minimum Gasteiger partial charge on any atom is -0.435 e. The Morgan fingerprint density at radius 3 is 2.45 bits per heavy atom. The van der Waals surface area contributed by atoms with Crippen LogP contribution in [0, 0.1) is 5.41 Å². The highest BCUT2D eigenvalue weighted by atomic mass is 19.3. The molecule has 0 aromatic heterocycles. The molecule has 6 heteroatoms. The standard InChI is InChI=1S/C14H20F2N2O2/c1-3-14(2,9-17)12(19)18-8-10-4-6-11(7-5-10)20-13(15)16/h4-7,13H,3,8-9,17H2,1-2H3,(H,18,19). The number of carbonyl (C=O) groups is 1. The lowest BCUT2D eigenvalue weighted by Crippen LogP contribution is -2.43. The lowest BCUT2D eigenvalue weighted by molar-refractivity contribution is -0.130. The SMILES string of the molecule is CCC(C)(CN)C(=O)NCc1ccc(OC(F)F)cc1. The molecule has 0 bridgehead atoms. The first-order valence-corrected chi connectivity index (χ1v) is 6.43. The van der Waals surface area contributed by atoms with Crippen LogP contribution in [0.1, 0.15) is 25.8 Å². The van der Waals surface area contributed by atoms with Crippen LogP contribution in [-0.2, 0) is 11.3 Å². The summed E-state index contributed by atoms with van der Waals surface area (Å²) in [6.07, 6.45) is 0.649. The number of nitrogens with two attached hydrogens (primary N) is 1. The highest BCUT2D eigenvalue weighted by Gasteiger charge is 2.29. The summed E-state index contributed by atoms with van der Waals surface area (Å²) in [5.41, 5.74) is 5.82. The zero-order chi connectivity index (χ0) is 15.2. The predicted octanol–water partition coefficient (Wildman–Crippen LogP) is 2.28. The smallest absolute Gasteiger partial charge is 0.387 e. The van der Waals surface area contributed by atoms with Crippen molar-refractivity contribution in [2.75, 3.05) is 6.54 Å². The Kier molecular flexibility index (Phi) is 5.88. The van der Waals surface area contributed by atoms with Crippen LogP contribution in [0.25, 0.3) is 0 Å². The number of hydrogen-bond acceptors (Lipinski definition) is 3. The Morgan fingerprint density at radius 1 is 1.40 bits per heavy atom. The second-order valence-electron chi connectivity index (χ2n) is 4.82. The molecule has 0 radical (unpaired) electrons. The first kappa shape index (κ1) is 16.4. The van der Waals surface area contributed by atoms with E-state index in [4.69, 9.17) is 5.73 Å². The van der Waals surface area contributed by atoms with Crippen LogP contribution in [-0.4, -0.2) is 19.1 Å². The summed E-state index contributed by atoms with van der Waals surface area (Å²) >= 11 is 0. The molecular weight excluding hydrogens is 266 g/mol. The van der Waals surface area contributed by atoms with E-state index in [0.29, 0.717) is 13.0 Å². The van der Waals surface area contributed by atoms with E-state index in [1.807, 2.05) is 13.8 Å². The summed E-state index contributed by atoms with van der Waals surface area (Å²) < 4.78 is 28.2. The van der Waals surface area contributed by atoms with Crippen LogP contribution in [0.15, 0.2) is 24.3 Å². The summed E-state index contributed by atoms with van der Waals surface area (Å²) in [6.45, 7) is 1.47.